The monoisotopic (exact) mass is 292 g/mol. The van der Waals surface area contributed by atoms with Crippen molar-refractivity contribution in [2.45, 2.75) is 36.9 Å². The molecule has 2 fully saturated rings. The van der Waals surface area contributed by atoms with Crippen LogP contribution in [-0.4, -0.2) is 44.4 Å². The van der Waals surface area contributed by atoms with Crippen molar-refractivity contribution in [3.8, 4) is 0 Å². The normalized spacial score (nSPS) is 21.9. The van der Waals surface area contributed by atoms with Crippen LogP contribution in [0.15, 0.2) is 12.4 Å². The quantitative estimate of drug-likeness (QED) is 0.856. The van der Waals surface area contributed by atoms with E-state index in [-0.39, 0.29) is 16.5 Å². The molecule has 0 aromatic carbocycles. The second-order valence-corrected chi connectivity index (χ2v) is 7.17. The Morgan fingerprint density at radius 2 is 2.00 bits per heavy atom. The molecule has 5 nitrogen and oxygen atoms in total. The summed E-state index contributed by atoms with van der Waals surface area (Å²) in [6.07, 6.45) is 9.37. The van der Waals surface area contributed by atoms with Gasteiger partial charge in [0, 0.05) is 36.0 Å². The second kappa shape index (κ2) is 5.60. The summed E-state index contributed by atoms with van der Waals surface area (Å²) in [7, 11) is 0. The highest BCUT2D eigenvalue weighted by molar-refractivity contribution is 8.00. The van der Waals surface area contributed by atoms with E-state index in [1.807, 2.05) is 16.7 Å². The lowest BCUT2D eigenvalue weighted by atomic mass is 9.87. The molecule has 0 radical (unpaired) electrons. The van der Waals surface area contributed by atoms with Crippen LogP contribution in [0.3, 0.4) is 0 Å². The molecule has 0 unspecified atom stereocenters. The summed E-state index contributed by atoms with van der Waals surface area (Å²) in [5.41, 5.74) is 6.07. The van der Waals surface area contributed by atoms with E-state index in [4.69, 9.17) is 5.73 Å². The minimum atomic E-state index is -0.0687. The maximum Gasteiger partial charge on any atom is 0.276 e. The minimum absolute atomic E-state index is 0.0687. The summed E-state index contributed by atoms with van der Waals surface area (Å²) in [5.74, 6) is 1.17. The third kappa shape index (κ3) is 2.61. The van der Waals surface area contributed by atoms with Crippen LogP contribution in [0.5, 0.6) is 0 Å². The number of amides is 1. The average Bonchev–Trinajstić information content (AvgIpc) is 2.48. The van der Waals surface area contributed by atoms with Crippen molar-refractivity contribution in [3.63, 3.8) is 0 Å². The Kier molecular flexibility index (Phi) is 3.83. The molecule has 1 aliphatic carbocycles. The maximum absolute atomic E-state index is 12.6. The van der Waals surface area contributed by atoms with E-state index in [2.05, 4.69) is 9.97 Å². The van der Waals surface area contributed by atoms with Crippen LogP contribution >= 0.6 is 11.8 Å². The number of nitrogens with two attached hydrogens (primary N) is 1. The number of hydrogen-bond acceptors (Lipinski definition) is 5. The second-order valence-electron chi connectivity index (χ2n) is 5.61. The molecule has 1 saturated carbocycles. The number of rotatable bonds is 1. The van der Waals surface area contributed by atoms with Crippen molar-refractivity contribution >= 4 is 23.5 Å². The Hall–Kier alpha value is -1.30. The number of anilines is 1. The van der Waals surface area contributed by atoms with Crippen molar-refractivity contribution in [2.24, 2.45) is 0 Å². The molecular weight excluding hydrogens is 272 g/mol. The summed E-state index contributed by atoms with van der Waals surface area (Å²) in [6.45, 7) is 1.60. The van der Waals surface area contributed by atoms with Gasteiger partial charge in [0.15, 0.2) is 11.5 Å². The van der Waals surface area contributed by atoms with Crippen molar-refractivity contribution < 1.29 is 4.79 Å². The predicted molar refractivity (Wildman–Crippen MR) is 80.6 cm³/mol. The van der Waals surface area contributed by atoms with Gasteiger partial charge in [0.25, 0.3) is 5.91 Å². The Labute approximate surface area is 123 Å². The number of carbonyl (C=O) groups is 1. The van der Waals surface area contributed by atoms with Gasteiger partial charge in [-0.25, -0.2) is 9.97 Å². The maximum atomic E-state index is 12.6. The first-order valence-corrected chi connectivity index (χ1v) is 8.18. The van der Waals surface area contributed by atoms with Crippen molar-refractivity contribution in [1.82, 2.24) is 14.9 Å². The summed E-state index contributed by atoms with van der Waals surface area (Å²) in [4.78, 5) is 22.6. The number of nitrogens with zero attached hydrogens (tertiary/aromatic N) is 3. The van der Waals surface area contributed by atoms with Crippen LogP contribution in [0.2, 0.25) is 0 Å². The standard InChI is InChI=1S/C14H20N4OS/c15-12-11(16-6-7-17-12)13(19)18-8-9-20-14(10-18)4-2-1-3-5-14/h6-7H,1-5,8-10H2,(H2,15,17). The fourth-order valence-electron chi connectivity index (χ4n) is 3.18. The highest BCUT2D eigenvalue weighted by atomic mass is 32.2. The third-order valence-corrected chi connectivity index (χ3v) is 5.77. The van der Waals surface area contributed by atoms with Gasteiger partial charge >= 0.3 is 0 Å². The molecule has 1 aromatic rings. The van der Waals surface area contributed by atoms with Crippen molar-refractivity contribution in [3.05, 3.63) is 18.1 Å². The van der Waals surface area contributed by atoms with Crippen LogP contribution in [0.1, 0.15) is 42.6 Å². The van der Waals surface area contributed by atoms with Gasteiger partial charge in [-0.1, -0.05) is 19.3 Å². The molecule has 2 heterocycles. The van der Waals surface area contributed by atoms with Gasteiger partial charge in [0.2, 0.25) is 0 Å². The Bertz CT molecular complexity index is 496. The van der Waals surface area contributed by atoms with Gasteiger partial charge in [-0.3, -0.25) is 4.79 Å². The van der Waals surface area contributed by atoms with Gasteiger partial charge in [0.05, 0.1) is 0 Å². The van der Waals surface area contributed by atoms with Gasteiger partial charge in [0.1, 0.15) is 0 Å². The topological polar surface area (TPSA) is 72.1 Å². The predicted octanol–water partition coefficient (Wildman–Crippen LogP) is 1.95. The first-order chi connectivity index (χ1) is 9.70. The summed E-state index contributed by atoms with van der Waals surface area (Å²) < 4.78 is 0.267. The van der Waals surface area contributed by atoms with E-state index >= 15 is 0 Å². The van der Waals surface area contributed by atoms with E-state index in [1.54, 1.807) is 0 Å². The Morgan fingerprint density at radius 3 is 2.75 bits per heavy atom. The van der Waals surface area contributed by atoms with E-state index in [0.29, 0.717) is 5.69 Å². The van der Waals surface area contributed by atoms with E-state index in [9.17, 15) is 4.79 Å². The molecule has 2 N–H and O–H groups in total. The lowest BCUT2D eigenvalue weighted by Crippen LogP contribution is -2.50. The Morgan fingerprint density at radius 1 is 1.25 bits per heavy atom. The molecule has 1 saturated heterocycles. The Balaban J connectivity index is 1.77. The molecule has 0 atom stereocenters. The molecule has 1 amide bonds. The molecular formula is C14H20N4OS. The van der Waals surface area contributed by atoms with Gasteiger partial charge in [-0.05, 0) is 12.8 Å². The molecule has 2 aliphatic rings. The zero-order valence-corrected chi connectivity index (χ0v) is 12.4. The molecule has 1 spiro atoms. The van der Waals surface area contributed by atoms with Gasteiger partial charge in [-0.2, -0.15) is 11.8 Å². The number of thioether (sulfide) groups is 1. The molecule has 1 aliphatic heterocycles. The first kappa shape index (κ1) is 13.7. The smallest absolute Gasteiger partial charge is 0.276 e. The van der Waals surface area contributed by atoms with E-state index in [0.717, 1.165) is 18.8 Å². The molecule has 20 heavy (non-hydrogen) atoms. The van der Waals surface area contributed by atoms with Crippen LogP contribution in [-0.2, 0) is 0 Å². The van der Waals surface area contributed by atoms with E-state index in [1.165, 1.54) is 44.5 Å². The number of aromatic nitrogens is 2. The zero-order chi connectivity index (χ0) is 14.0. The largest absolute Gasteiger partial charge is 0.382 e. The van der Waals surface area contributed by atoms with Crippen LogP contribution < -0.4 is 5.73 Å². The van der Waals surface area contributed by atoms with E-state index < -0.39 is 0 Å². The molecule has 1 aromatic heterocycles. The summed E-state index contributed by atoms with van der Waals surface area (Å²) in [5, 5.41) is 0. The number of carbonyl (C=O) groups excluding carboxylic acids is 1. The van der Waals surface area contributed by atoms with Crippen LogP contribution in [0, 0.1) is 0 Å². The lowest BCUT2D eigenvalue weighted by Gasteiger charge is -2.44. The summed E-state index contributed by atoms with van der Waals surface area (Å²) in [6, 6.07) is 0. The average molecular weight is 292 g/mol. The molecule has 0 bridgehead atoms. The molecule has 3 rings (SSSR count). The number of hydrogen-bond donors (Lipinski definition) is 1. The van der Waals surface area contributed by atoms with Crippen LogP contribution in [0.4, 0.5) is 5.82 Å². The zero-order valence-electron chi connectivity index (χ0n) is 11.5. The van der Waals surface area contributed by atoms with Gasteiger partial charge in [-0.15, -0.1) is 0 Å². The summed E-state index contributed by atoms with van der Waals surface area (Å²) >= 11 is 2.05. The molecule has 108 valence electrons. The fourth-order valence-corrected chi connectivity index (χ4v) is 4.75. The SMILES string of the molecule is Nc1nccnc1C(=O)N1CCSC2(CCCCC2)C1. The first-order valence-electron chi connectivity index (χ1n) is 7.20. The van der Waals surface area contributed by atoms with Crippen LogP contribution in [0.25, 0.3) is 0 Å². The fraction of sp³-hybridized carbons (Fsp3) is 0.643. The lowest BCUT2D eigenvalue weighted by molar-refractivity contribution is 0.0725. The highest BCUT2D eigenvalue weighted by Gasteiger charge is 2.39. The molecule has 6 heteroatoms. The van der Waals surface area contributed by atoms with Crippen molar-refractivity contribution in [1.29, 1.82) is 0 Å². The van der Waals surface area contributed by atoms with Gasteiger partial charge < -0.3 is 10.6 Å². The number of nitrogen functional groups attached to an aromatic ring is 1. The van der Waals surface area contributed by atoms with Crippen molar-refractivity contribution in [2.75, 3.05) is 24.6 Å². The third-order valence-electron chi connectivity index (χ3n) is 4.23. The minimum Gasteiger partial charge on any atom is -0.382 e. The highest BCUT2D eigenvalue weighted by Crippen LogP contribution is 2.42.